The van der Waals surface area contributed by atoms with E-state index in [2.05, 4.69) is 10.2 Å². The summed E-state index contributed by atoms with van der Waals surface area (Å²) in [6.07, 6.45) is 3.65. The van der Waals surface area contributed by atoms with Crippen LogP contribution in [-0.4, -0.2) is 20.7 Å². The maximum Gasteiger partial charge on any atom is 0.252 e. The minimum atomic E-state index is -1.04. The SMILES string of the molecule is NC(=O)C1(c2nnccc2N(Cc2ccccc2)Cn2cc(Cl)ccc2=O)CC1c1cccc(Cl)c1. The summed E-state index contributed by atoms with van der Waals surface area (Å²) in [5.41, 5.74) is 7.86. The number of hydrogen-bond acceptors (Lipinski definition) is 5. The number of aromatic nitrogens is 3. The molecule has 9 heteroatoms. The fraction of sp³-hybridized carbons (Fsp3) is 0.185. The van der Waals surface area contributed by atoms with Gasteiger partial charge in [0.15, 0.2) is 0 Å². The third kappa shape index (κ3) is 4.59. The number of nitrogens with zero attached hydrogens (tertiary/aromatic N) is 4. The second-order valence-electron chi connectivity index (χ2n) is 8.89. The molecule has 2 heterocycles. The molecule has 0 radical (unpaired) electrons. The van der Waals surface area contributed by atoms with Gasteiger partial charge in [0, 0.05) is 29.7 Å². The topological polar surface area (TPSA) is 94.1 Å². The zero-order valence-corrected chi connectivity index (χ0v) is 20.7. The lowest BCUT2D eigenvalue weighted by molar-refractivity contribution is -0.120. The number of amides is 1. The Kier molecular flexibility index (Phi) is 6.51. The largest absolute Gasteiger partial charge is 0.369 e. The fourth-order valence-corrected chi connectivity index (χ4v) is 5.13. The van der Waals surface area contributed by atoms with Crippen molar-refractivity contribution in [2.75, 3.05) is 4.90 Å². The Morgan fingerprint density at radius 1 is 1.06 bits per heavy atom. The van der Waals surface area contributed by atoms with Crippen molar-refractivity contribution in [1.29, 1.82) is 0 Å². The van der Waals surface area contributed by atoms with Gasteiger partial charge in [-0.3, -0.25) is 14.2 Å². The molecule has 2 aromatic heterocycles. The number of benzene rings is 2. The van der Waals surface area contributed by atoms with Crippen molar-refractivity contribution in [1.82, 2.24) is 14.8 Å². The lowest BCUT2D eigenvalue weighted by Gasteiger charge is -2.29. The van der Waals surface area contributed by atoms with Gasteiger partial charge in [-0.05, 0) is 41.8 Å². The summed E-state index contributed by atoms with van der Waals surface area (Å²) in [5, 5.41) is 9.58. The Hall–Kier alpha value is -3.68. The van der Waals surface area contributed by atoms with E-state index >= 15 is 0 Å². The maximum atomic E-state index is 13.0. The Balaban J connectivity index is 1.60. The van der Waals surface area contributed by atoms with Gasteiger partial charge in [-0.1, -0.05) is 65.7 Å². The molecule has 2 unspecified atom stereocenters. The average molecular weight is 520 g/mol. The van der Waals surface area contributed by atoms with Crippen LogP contribution in [0.25, 0.3) is 0 Å². The predicted octanol–water partition coefficient (Wildman–Crippen LogP) is 4.52. The lowest BCUT2D eigenvalue weighted by atomic mass is 9.92. The number of halogens is 2. The third-order valence-electron chi connectivity index (χ3n) is 6.60. The number of pyridine rings is 1. The Labute approximate surface area is 218 Å². The van der Waals surface area contributed by atoms with E-state index in [0.29, 0.717) is 34.4 Å². The van der Waals surface area contributed by atoms with Gasteiger partial charge in [0.05, 0.1) is 23.6 Å². The van der Waals surface area contributed by atoms with Crippen molar-refractivity contribution in [3.8, 4) is 0 Å². The lowest BCUT2D eigenvalue weighted by Crippen LogP contribution is -2.36. The highest BCUT2D eigenvalue weighted by molar-refractivity contribution is 6.30. The van der Waals surface area contributed by atoms with Crippen LogP contribution in [0.4, 0.5) is 5.69 Å². The Morgan fingerprint density at radius 3 is 2.61 bits per heavy atom. The van der Waals surface area contributed by atoms with Crippen molar-refractivity contribution in [3.05, 3.63) is 122 Å². The van der Waals surface area contributed by atoms with Crippen molar-refractivity contribution in [2.45, 2.75) is 31.0 Å². The van der Waals surface area contributed by atoms with Crippen LogP contribution < -0.4 is 16.2 Å². The zero-order chi connectivity index (χ0) is 25.3. The molecule has 2 aromatic carbocycles. The van der Waals surface area contributed by atoms with Crippen LogP contribution >= 0.6 is 23.2 Å². The summed E-state index contributed by atoms with van der Waals surface area (Å²) >= 11 is 12.4. The van der Waals surface area contributed by atoms with Gasteiger partial charge >= 0.3 is 0 Å². The summed E-state index contributed by atoms with van der Waals surface area (Å²) in [7, 11) is 0. The van der Waals surface area contributed by atoms with Crippen LogP contribution in [0.5, 0.6) is 0 Å². The van der Waals surface area contributed by atoms with Crippen molar-refractivity contribution < 1.29 is 4.79 Å². The standard InChI is InChI=1S/C27H23Cl2N5O2/c28-20-8-4-7-19(13-20)22-14-27(22,26(30)36)25-23(11-12-31-32-25)33(15-18-5-2-1-3-6-18)17-34-16-21(29)9-10-24(34)35/h1-13,16,22H,14-15,17H2,(H2,30,36). The Bertz CT molecular complexity index is 1480. The average Bonchev–Trinajstić information content (AvgIpc) is 3.64. The second kappa shape index (κ2) is 9.76. The molecule has 36 heavy (non-hydrogen) atoms. The maximum absolute atomic E-state index is 13.0. The number of carbonyl (C=O) groups is 1. The molecule has 2 atom stereocenters. The molecule has 182 valence electrons. The minimum absolute atomic E-state index is 0.184. The molecule has 0 spiro atoms. The van der Waals surface area contributed by atoms with E-state index < -0.39 is 11.3 Å². The molecule has 1 amide bonds. The fourth-order valence-electron chi connectivity index (χ4n) is 4.75. The van der Waals surface area contributed by atoms with Gasteiger partial charge in [0.1, 0.15) is 11.1 Å². The first-order valence-electron chi connectivity index (χ1n) is 11.4. The molecule has 0 aliphatic heterocycles. The van der Waals surface area contributed by atoms with Gasteiger partial charge in [0.2, 0.25) is 5.91 Å². The third-order valence-corrected chi connectivity index (χ3v) is 7.06. The normalized spacial score (nSPS) is 18.6. The first-order valence-corrected chi connectivity index (χ1v) is 12.2. The number of anilines is 1. The van der Waals surface area contributed by atoms with Crippen molar-refractivity contribution in [3.63, 3.8) is 0 Å². The molecule has 1 saturated carbocycles. The van der Waals surface area contributed by atoms with E-state index in [1.54, 1.807) is 30.6 Å². The predicted molar refractivity (Wildman–Crippen MR) is 140 cm³/mol. The van der Waals surface area contributed by atoms with Crippen LogP contribution in [0.15, 0.2) is 90.0 Å². The van der Waals surface area contributed by atoms with Gasteiger partial charge in [-0.25, -0.2) is 0 Å². The quantitative estimate of drug-likeness (QED) is 0.369. The molecule has 0 saturated heterocycles. The number of nitrogens with two attached hydrogens (primary N) is 1. The smallest absolute Gasteiger partial charge is 0.252 e. The first-order chi connectivity index (χ1) is 17.4. The molecule has 7 nitrogen and oxygen atoms in total. The molecule has 0 bridgehead atoms. The second-order valence-corrected chi connectivity index (χ2v) is 9.77. The molecule has 5 rings (SSSR count). The van der Waals surface area contributed by atoms with Crippen LogP contribution in [0.3, 0.4) is 0 Å². The van der Waals surface area contributed by atoms with E-state index in [9.17, 15) is 9.59 Å². The number of carbonyl (C=O) groups excluding carboxylic acids is 1. The zero-order valence-electron chi connectivity index (χ0n) is 19.2. The van der Waals surface area contributed by atoms with Gasteiger partial charge in [-0.2, -0.15) is 10.2 Å². The van der Waals surface area contributed by atoms with E-state index in [-0.39, 0.29) is 18.1 Å². The number of rotatable bonds is 8. The van der Waals surface area contributed by atoms with Crippen molar-refractivity contribution >= 4 is 34.8 Å². The molecular formula is C27H23Cl2N5O2. The monoisotopic (exact) mass is 519 g/mol. The highest BCUT2D eigenvalue weighted by Crippen LogP contribution is 2.61. The summed E-state index contributed by atoms with van der Waals surface area (Å²) in [6.45, 7) is 0.638. The number of primary amides is 1. The highest BCUT2D eigenvalue weighted by atomic mass is 35.5. The minimum Gasteiger partial charge on any atom is -0.369 e. The molecule has 4 aromatic rings. The van der Waals surface area contributed by atoms with E-state index in [1.165, 1.54) is 10.6 Å². The van der Waals surface area contributed by atoms with E-state index in [0.717, 1.165) is 11.1 Å². The summed E-state index contributed by atoms with van der Waals surface area (Å²) < 4.78 is 1.52. The van der Waals surface area contributed by atoms with Crippen LogP contribution in [0.2, 0.25) is 10.0 Å². The van der Waals surface area contributed by atoms with Gasteiger partial charge < -0.3 is 10.6 Å². The van der Waals surface area contributed by atoms with Crippen LogP contribution in [0.1, 0.15) is 29.2 Å². The first kappa shape index (κ1) is 24.0. The molecular weight excluding hydrogens is 497 g/mol. The van der Waals surface area contributed by atoms with Crippen LogP contribution in [0, 0.1) is 0 Å². The molecule has 1 aliphatic rings. The summed E-state index contributed by atoms with van der Waals surface area (Å²) in [6, 6.07) is 22.1. The molecule has 1 fully saturated rings. The number of hydrogen-bond donors (Lipinski definition) is 1. The molecule has 1 aliphatic carbocycles. The highest BCUT2D eigenvalue weighted by Gasteiger charge is 2.63. The summed E-state index contributed by atoms with van der Waals surface area (Å²) in [5.74, 6) is -0.662. The van der Waals surface area contributed by atoms with Gasteiger partial charge in [0.25, 0.3) is 5.56 Å². The summed E-state index contributed by atoms with van der Waals surface area (Å²) in [4.78, 5) is 27.6. The molecule has 2 N–H and O–H groups in total. The van der Waals surface area contributed by atoms with E-state index in [4.69, 9.17) is 28.9 Å². The van der Waals surface area contributed by atoms with Crippen LogP contribution in [-0.2, 0) is 23.4 Å². The Morgan fingerprint density at radius 2 is 1.86 bits per heavy atom. The van der Waals surface area contributed by atoms with E-state index in [1.807, 2.05) is 53.4 Å². The van der Waals surface area contributed by atoms with Gasteiger partial charge in [-0.15, -0.1) is 0 Å². The van der Waals surface area contributed by atoms with Crippen molar-refractivity contribution in [2.24, 2.45) is 5.73 Å².